The van der Waals surface area contributed by atoms with E-state index in [4.69, 9.17) is 0 Å². The molecule has 0 bridgehead atoms. The zero-order valence-electron chi connectivity index (χ0n) is 11.7. The van der Waals surface area contributed by atoms with Crippen molar-refractivity contribution in [3.8, 4) is 0 Å². The fourth-order valence-corrected chi connectivity index (χ4v) is 3.48. The van der Waals surface area contributed by atoms with Crippen molar-refractivity contribution in [2.45, 2.75) is 40.5 Å². The number of thiazole rings is 1. The number of aryl methyl sites for hydroxylation is 1. The van der Waals surface area contributed by atoms with Crippen molar-refractivity contribution in [1.82, 2.24) is 4.98 Å². The van der Waals surface area contributed by atoms with Gasteiger partial charge in [0.1, 0.15) is 0 Å². The molecule has 0 N–H and O–H groups in total. The van der Waals surface area contributed by atoms with Crippen molar-refractivity contribution < 1.29 is 4.79 Å². The highest BCUT2D eigenvalue weighted by Crippen LogP contribution is 2.37. The molecule has 0 aromatic carbocycles. The summed E-state index contributed by atoms with van der Waals surface area (Å²) < 4.78 is 0. The van der Waals surface area contributed by atoms with Crippen molar-refractivity contribution in [2.24, 2.45) is 11.3 Å². The number of aromatic nitrogens is 1. The number of aldehydes is 1. The summed E-state index contributed by atoms with van der Waals surface area (Å²) in [6, 6.07) is 0. The van der Waals surface area contributed by atoms with E-state index in [0.29, 0.717) is 11.3 Å². The summed E-state index contributed by atoms with van der Waals surface area (Å²) in [4.78, 5) is 18.7. The van der Waals surface area contributed by atoms with Crippen LogP contribution < -0.4 is 4.90 Å². The number of anilines is 1. The Hall–Kier alpha value is -0.900. The molecule has 2 rings (SSSR count). The molecule has 4 heteroatoms. The van der Waals surface area contributed by atoms with Crippen LogP contribution >= 0.6 is 11.3 Å². The Kier molecular flexibility index (Phi) is 3.76. The third kappa shape index (κ3) is 2.58. The first kappa shape index (κ1) is 13.5. The average Bonchev–Trinajstić information content (AvgIpc) is 2.93. The maximum atomic E-state index is 11.0. The van der Waals surface area contributed by atoms with E-state index < -0.39 is 0 Å². The van der Waals surface area contributed by atoms with Crippen LogP contribution in [-0.2, 0) is 6.42 Å². The van der Waals surface area contributed by atoms with Gasteiger partial charge in [0.25, 0.3) is 0 Å². The number of carbonyl (C=O) groups excluding carboxylic acids is 1. The van der Waals surface area contributed by atoms with Crippen LogP contribution in [-0.4, -0.2) is 24.4 Å². The second-order valence-electron chi connectivity index (χ2n) is 6.08. The van der Waals surface area contributed by atoms with Gasteiger partial charge in [0.05, 0.1) is 10.6 Å². The van der Waals surface area contributed by atoms with Gasteiger partial charge in [-0.05, 0) is 24.2 Å². The molecule has 1 aliphatic heterocycles. The highest BCUT2D eigenvalue weighted by molar-refractivity contribution is 7.17. The summed E-state index contributed by atoms with van der Waals surface area (Å²) >= 11 is 1.54. The molecule has 0 aliphatic carbocycles. The Morgan fingerprint density at radius 2 is 2.22 bits per heavy atom. The number of nitrogens with zero attached hydrogens (tertiary/aromatic N) is 2. The Bertz CT molecular complexity index is 433. The minimum atomic E-state index is 0.354. The number of rotatable bonds is 3. The van der Waals surface area contributed by atoms with Gasteiger partial charge in [-0.25, -0.2) is 4.98 Å². The van der Waals surface area contributed by atoms with Crippen LogP contribution in [0.15, 0.2) is 0 Å². The molecular weight excluding hydrogens is 244 g/mol. The molecule has 3 nitrogen and oxygen atoms in total. The fraction of sp³-hybridized carbons (Fsp3) is 0.714. The van der Waals surface area contributed by atoms with E-state index in [9.17, 15) is 4.79 Å². The summed E-state index contributed by atoms with van der Waals surface area (Å²) in [5.74, 6) is 0.714. The van der Waals surface area contributed by atoms with Gasteiger partial charge < -0.3 is 4.90 Å². The van der Waals surface area contributed by atoms with Gasteiger partial charge in [-0.2, -0.15) is 0 Å². The van der Waals surface area contributed by atoms with Gasteiger partial charge in [0.15, 0.2) is 11.4 Å². The SMILES string of the molecule is CCc1nc(N2CCC(C(C)(C)C)C2)sc1C=O. The predicted molar refractivity (Wildman–Crippen MR) is 76.7 cm³/mol. The van der Waals surface area contributed by atoms with Crippen LogP contribution in [0, 0.1) is 11.3 Å². The van der Waals surface area contributed by atoms with Crippen molar-refractivity contribution in [3.63, 3.8) is 0 Å². The lowest BCUT2D eigenvalue weighted by Gasteiger charge is -2.26. The highest BCUT2D eigenvalue weighted by atomic mass is 32.1. The first-order chi connectivity index (χ1) is 8.45. The second kappa shape index (κ2) is 5.00. The van der Waals surface area contributed by atoms with Crippen molar-refractivity contribution >= 4 is 22.8 Å². The molecule has 1 saturated heterocycles. The molecule has 0 spiro atoms. The van der Waals surface area contributed by atoms with Crippen LogP contribution in [0.25, 0.3) is 0 Å². The molecule has 1 fully saturated rings. The van der Waals surface area contributed by atoms with Crippen LogP contribution in [0.3, 0.4) is 0 Å². The van der Waals surface area contributed by atoms with Crippen LogP contribution in [0.4, 0.5) is 5.13 Å². The van der Waals surface area contributed by atoms with Gasteiger partial charge in [0.2, 0.25) is 0 Å². The second-order valence-corrected chi connectivity index (χ2v) is 7.09. The molecule has 100 valence electrons. The Balaban J connectivity index is 2.14. The van der Waals surface area contributed by atoms with Crippen LogP contribution in [0.2, 0.25) is 0 Å². The van der Waals surface area contributed by atoms with Gasteiger partial charge in [-0.1, -0.05) is 39.0 Å². The number of hydrogen-bond donors (Lipinski definition) is 0. The maximum Gasteiger partial charge on any atom is 0.186 e. The lowest BCUT2D eigenvalue weighted by molar-refractivity contribution is 0.112. The Labute approximate surface area is 113 Å². The number of carbonyl (C=O) groups is 1. The van der Waals surface area contributed by atoms with E-state index in [1.54, 1.807) is 11.3 Å². The molecule has 1 aromatic rings. The summed E-state index contributed by atoms with van der Waals surface area (Å²) in [6.07, 6.45) is 3.00. The lowest BCUT2D eigenvalue weighted by atomic mass is 9.80. The van der Waals surface area contributed by atoms with Gasteiger partial charge >= 0.3 is 0 Å². The molecule has 0 radical (unpaired) electrons. The largest absolute Gasteiger partial charge is 0.348 e. The summed E-state index contributed by atoms with van der Waals surface area (Å²) in [6.45, 7) is 11.1. The van der Waals surface area contributed by atoms with E-state index in [2.05, 4.69) is 30.7 Å². The first-order valence-corrected chi connectivity index (χ1v) is 7.47. The monoisotopic (exact) mass is 266 g/mol. The highest BCUT2D eigenvalue weighted by Gasteiger charge is 2.33. The quantitative estimate of drug-likeness (QED) is 0.786. The van der Waals surface area contributed by atoms with Gasteiger partial charge in [-0.15, -0.1) is 0 Å². The van der Waals surface area contributed by atoms with Gasteiger partial charge in [0, 0.05) is 13.1 Å². The standard InChI is InChI=1S/C14H22N2OS/c1-5-11-12(9-17)18-13(15-11)16-7-6-10(8-16)14(2,3)4/h9-10H,5-8H2,1-4H3. The third-order valence-corrected chi connectivity index (χ3v) is 4.93. The van der Waals surface area contributed by atoms with Crippen molar-refractivity contribution in [3.05, 3.63) is 10.6 Å². The molecule has 1 atom stereocenters. The summed E-state index contributed by atoms with van der Waals surface area (Å²) in [5.41, 5.74) is 1.30. The topological polar surface area (TPSA) is 33.2 Å². The predicted octanol–water partition coefficient (Wildman–Crippen LogP) is 3.39. The van der Waals surface area contributed by atoms with Crippen molar-refractivity contribution in [2.75, 3.05) is 18.0 Å². The molecular formula is C14H22N2OS. The average molecular weight is 266 g/mol. The van der Waals surface area contributed by atoms with E-state index in [1.807, 2.05) is 6.92 Å². The maximum absolute atomic E-state index is 11.0. The smallest absolute Gasteiger partial charge is 0.186 e. The molecule has 2 heterocycles. The van der Waals surface area contributed by atoms with E-state index >= 15 is 0 Å². The van der Waals surface area contributed by atoms with Crippen molar-refractivity contribution in [1.29, 1.82) is 0 Å². The molecule has 18 heavy (non-hydrogen) atoms. The zero-order chi connectivity index (χ0) is 13.3. The first-order valence-electron chi connectivity index (χ1n) is 6.65. The zero-order valence-corrected chi connectivity index (χ0v) is 12.5. The van der Waals surface area contributed by atoms with Gasteiger partial charge in [-0.3, -0.25) is 4.79 Å². The molecule has 1 aromatic heterocycles. The Morgan fingerprint density at radius 3 is 2.67 bits per heavy atom. The van der Waals surface area contributed by atoms with E-state index in [-0.39, 0.29) is 0 Å². The third-order valence-electron chi connectivity index (χ3n) is 3.84. The molecule has 0 saturated carbocycles. The summed E-state index contributed by atoms with van der Waals surface area (Å²) in [5, 5.41) is 1.03. The molecule has 0 amide bonds. The normalized spacial score (nSPS) is 20.4. The number of hydrogen-bond acceptors (Lipinski definition) is 4. The molecule has 1 unspecified atom stereocenters. The Morgan fingerprint density at radius 1 is 1.50 bits per heavy atom. The minimum Gasteiger partial charge on any atom is -0.348 e. The van der Waals surface area contributed by atoms with Crippen LogP contribution in [0.1, 0.15) is 49.5 Å². The van der Waals surface area contributed by atoms with E-state index in [0.717, 1.165) is 41.5 Å². The lowest BCUT2D eigenvalue weighted by Crippen LogP contribution is -2.25. The fourth-order valence-electron chi connectivity index (χ4n) is 2.47. The molecule has 1 aliphatic rings. The minimum absolute atomic E-state index is 0.354. The summed E-state index contributed by atoms with van der Waals surface area (Å²) in [7, 11) is 0. The van der Waals surface area contributed by atoms with E-state index in [1.165, 1.54) is 6.42 Å². The van der Waals surface area contributed by atoms with Crippen LogP contribution in [0.5, 0.6) is 0 Å².